The molecule has 2 N–H and O–H groups in total. The van der Waals surface area contributed by atoms with E-state index in [0.29, 0.717) is 25.7 Å². The van der Waals surface area contributed by atoms with E-state index in [1.165, 1.54) is 0 Å². The molecule has 2 unspecified atom stereocenters. The molecule has 0 fully saturated rings. The van der Waals surface area contributed by atoms with Crippen LogP contribution in [0.1, 0.15) is 208 Å². The van der Waals surface area contributed by atoms with Crippen molar-refractivity contribution in [3.63, 3.8) is 0 Å². The molecule has 0 saturated heterocycles. The average molecular weight is 872 g/mol. The van der Waals surface area contributed by atoms with Crippen LogP contribution < -0.4 is 5.32 Å². The molecule has 0 saturated carbocycles. The van der Waals surface area contributed by atoms with E-state index < -0.39 is 29.1 Å². The van der Waals surface area contributed by atoms with Crippen LogP contribution in [0.25, 0.3) is 0 Å². The quantitative estimate of drug-likeness (QED) is 0.0257. The van der Waals surface area contributed by atoms with Gasteiger partial charge in [0.05, 0.1) is 30.3 Å². The van der Waals surface area contributed by atoms with E-state index in [1.54, 1.807) is 13.8 Å². The zero-order valence-corrected chi connectivity index (χ0v) is 39.6. The molecule has 13 nitrogen and oxygen atoms in total. The van der Waals surface area contributed by atoms with Crippen molar-refractivity contribution in [3.8, 4) is 0 Å². The number of hydrogen-bond donors (Lipinski definition) is 2. The van der Waals surface area contributed by atoms with E-state index in [0.717, 1.165) is 128 Å². The Morgan fingerprint density at radius 2 is 0.689 bits per heavy atom. The summed E-state index contributed by atoms with van der Waals surface area (Å²) in [6, 6.07) is 0. The number of rotatable bonds is 43. The molecule has 0 aromatic carbocycles. The van der Waals surface area contributed by atoms with E-state index in [9.17, 15) is 29.1 Å². The van der Waals surface area contributed by atoms with E-state index in [4.69, 9.17) is 28.4 Å². The lowest BCUT2D eigenvalue weighted by Crippen LogP contribution is -2.38. The fourth-order valence-corrected chi connectivity index (χ4v) is 6.31. The Kier molecular flexibility index (Phi) is 37.1. The first-order valence-corrected chi connectivity index (χ1v) is 24.1. The highest BCUT2D eigenvalue weighted by Gasteiger charge is 2.32. The predicted molar refractivity (Wildman–Crippen MR) is 239 cm³/mol. The molecule has 0 aromatic rings. The van der Waals surface area contributed by atoms with Crippen molar-refractivity contribution >= 4 is 29.8 Å². The molecular weight excluding hydrogens is 783 g/mol. The summed E-state index contributed by atoms with van der Waals surface area (Å²) in [5.74, 6) is -1.92. The molecule has 0 spiro atoms. The van der Waals surface area contributed by atoms with Crippen LogP contribution in [0.3, 0.4) is 0 Å². The van der Waals surface area contributed by atoms with Crippen LogP contribution in [-0.2, 0) is 52.4 Å². The molecule has 61 heavy (non-hydrogen) atoms. The van der Waals surface area contributed by atoms with Crippen LogP contribution in [-0.4, -0.2) is 94.0 Å². The molecule has 0 aliphatic heterocycles. The van der Waals surface area contributed by atoms with Crippen molar-refractivity contribution in [3.05, 3.63) is 0 Å². The average Bonchev–Trinajstić information content (AvgIpc) is 3.24. The monoisotopic (exact) mass is 872 g/mol. The third-order valence-electron chi connectivity index (χ3n) is 10.6. The fraction of sp³-hybridized carbons (Fsp3) is 0.896. The number of carbonyl (C=O) groups excluding carboxylic acids is 5. The van der Waals surface area contributed by atoms with Gasteiger partial charge in [-0.2, -0.15) is 0 Å². The van der Waals surface area contributed by atoms with E-state index >= 15 is 0 Å². The first kappa shape index (κ1) is 58.2. The molecule has 0 bridgehead atoms. The number of hydrogen-bond acceptors (Lipinski definition) is 13. The normalized spacial score (nSPS) is 13.0. The van der Waals surface area contributed by atoms with Crippen molar-refractivity contribution in [1.29, 1.82) is 0 Å². The Labute approximate surface area is 370 Å². The number of unbranched alkanes of at least 4 members (excludes halogenated alkanes) is 16. The number of esters is 5. The zero-order valence-electron chi connectivity index (χ0n) is 39.6. The largest absolute Gasteiger partial charge is 0.465 e. The molecule has 0 aliphatic carbocycles. The summed E-state index contributed by atoms with van der Waals surface area (Å²) >= 11 is 0. The zero-order chi connectivity index (χ0) is 45.5. The molecule has 0 amide bonds. The first-order chi connectivity index (χ1) is 29.3. The maximum Gasteiger partial charge on any atom is 0.307 e. The number of nitrogens with one attached hydrogen (secondary N) is 1. The highest BCUT2D eigenvalue weighted by Crippen LogP contribution is 2.23. The molecule has 13 heteroatoms. The second kappa shape index (κ2) is 38.9. The lowest BCUT2D eigenvalue weighted by Gasteiger charge is -2.29. The van der Waals surface area contributed by atoms with Crippen LogP contribution in [0, 0.1) is 10.8 Å². The van der Waals surface area contributed by atoms with Crippen molar-refractivity contribution < 1.29 is 57.5 Å². The number of aliphatic hydroxyl groups excluding tert-OH is 1. The van der Waals surface area contributed by atoms with Gasteiger partial charge in [0.2, 0.25) is 0 Å². The molecule has 0 radical (unpaired) electrons. The third kappa shape index (κ3) is 36.4. The number of carbonyl (C=O) groups is 5. The minimum absolute atomic E-state index is 0.0141. The van der Waals surface area contributed by atoms with Crippen LogP contribution >= 0.6 is 0 Å². The standard InChI is InChI=1S/C48H89NO12/c1-7-11-15-19-23-27-41(50)56-35-47(5,36-57-42(51)28-24-20-16-12-8-2)39-60-45(54)31-33-49-34-32-46(55)61-40-48(6,37-58-43(52)29-25-21-17-13-9-3)38-59-44(53)30-26-22-18-14-10-4/h41,49-50H,7-40H2,1-6H3. The van der Waals surface area contributed by atoms with E-state index in [-0.39, 0.29) is 83.5 Å². The maximum absolute atomic E-state index is 12.7. The fourth-order valence-electron chi connectivity index (χ4n) is 6.31. The van der Waals surface area contributed by atoms with Gasteiger partial charge in [0.25, 0.3) is 0 Å². The van der Waals surface area contributed by atoms with Crippen molar-refractivity contribution in [2.24, 2.45) is 10.8 Å². The summed E-state index contributed by atoms with van der Waals surface area (Å²) in [5, 5.41) is 13.5. The highest BCUT2D eigenvalue weighted by atomic mass is 16.6. The SMILES string of the molecule is CCCCCCCC(=O)OCC(C)(COC(=O)CCCCCCC)COC(=O)CCNCCC(=O)OCC(C)(COC(=O)CCCCCCC)COC(O)CCCCCCC. The minimum atomic E-state index is -0.963. The van der Waals surface area contributed by atoms with Gasteiger partial charge in [0.15, 0.2) is 6.29 Å². The van der Waals surface area contributed by atoms with Crippen LogP contribution in [0.5, 0.6) is 0 Å². The van der Waals surface area contributed by atoms with E-state index in [2.05, 4.69) is 33.0 Å². The molecule has 0 heterocycles. The molecule has 358 valence electrons. The molecule has 0 aliphatic rings. The van der Waals surface area contributed by atoms with Gasteiger partial charge in [-0.15, -0.1) is 0 Å². The van der Waals surface area contributed by atoms with Gasteiger partial charge in [-0.05, 0) is 39.0 Å². The second-order valence-corrected chi connectivity index (χ2v) is 17.6. The summed E-state index contributed by atoms with van der Waals surface area (Å²) in [4.78, 5) is 62.9. The summed E-state index contributed by atoms with van der Waals surface area (Å²) < 4.78 is 33.6. The molecule has 0 aromatic heterocycles. The predicted octanol–water partition coefficient (Wildman–Crippen LogP) is 9.86. The third-order valence-corrected chi connectivity index (χ3v) is 10.6. The first-order valence-electron chi connectivity index (χ1n) is 24.1. The van der Waals surface area contributed by atoms with Crippen LogP contribution in [0.4, 0.5) is 0 Å². The lowest BCUT2D eigenvalue weighted by molar-refractivity contribution is -0.168. The summed E-state index contributed by atoms with van der Waals surface area (Å²) in [6.45, 7) is 12.4. The van der Waals surface area contributed by atoms with Gasteiger partial charge in [-0.3, -0.25) is 24.0 Å². The Morgan fingerprint density at radius 1 is 0.410 bits per heavy atom. The molecule has 2 atom stereocenters. The molecular formula is C48H89NO12. The van der Waals surface area contributed by atoms with Crippen molar-refractivity contribution in [1.82, 2.24) is 5.32 Å². The van der Waals surface area contributed by atoms with Gasteiger partial charge >= 0.3 is 29.8 Å². The van der Waals surface area contributed by atoms with Crippen LogP contribution in [0.15, 0.2) is 0 Å². The maximum atomic E-state index is 12.7. The smallest absolute Gasteiger partial charge is 0.307 e. The van der Waals surface area contributed by atoms with Crippen molar-refractivity contribution in [2.75, 3.05) is 52.7 Å². The van der Waals surface area contributed by atoms with Crippen molar-refractivity contribution in [2.45, 2.75) is 215 Å². The Balaban J connectivity index is 4.94. The number of aliphatic hydroxyl groups is 1. The molecule has 0 rings (SSSR count). The van der Waals surface area contributed by atoms with Gasteiger partial charge < -0.3 is 38.8 Å². The lowest BCUT2D eigenvalue weighted by atomic mass is 9.94. The van der Waals surface area contributed by atoms with Gasteiger partial charge in [0, 0.05) is 32.4 Å². The van der Waals surface area contributed by atoms with Crippen LogP contribution in [0.2, 0.25) is 0 Å². The minimum Gasteiger partial charge on any atom is -0.465 e. The van der Waals surface area contributed by atoms with E-state index in [1.807, 2.05) is 0 Å². The second-order valence-electron chi connectivity index (χ2n) is 17.6. The highest BCUT2D eigenvalue weighted by molar-refractivity contribution is 5.71. The van der Waals surface area contributed by atoms with Gasteiger partial charge in [-0.1, -0.05) is 137 Å². The Hall–Kier alpha value is -2.77. The van der Waals surface area contributed by atoms with Gasteiger partial charge in [0.1, 0.15) is 33.0 Å². The summed E-state index contributed by atoms with van der Waals surface area (Å²) in [5.41, 5.74) is -1.78. The topological polar surface area (TPSA) is 173 Å². The number of ether oxygens (including phenoxy) is 6. The Morgan fingerprint density at radius 3 is 1.02 bits per heavy atom. The summed E-state index contributed by atoms with van der Waals surface area (Å²) in [7, 11) is 0. The summed E-state index contributed by atoms with van der Waals surface area (Å²) in [6.07, 6.45) is 21.0. The van der Waals surface area contributed by atoms with Gasteiger partial charge in [-0.25, -0.2) is 0 Å². The Bertz CT molecular complexity index is 1100.